The molecule has 250 valence electrons. The third-order valence-electron chi connectivity index (χ3n) is 10.5. The van der Waals surface area contributed by atoms with Gasteiger partial charge < -0.3 is 15.1 Å². The number of aliphatic hydroxyl groups excluding tert-OH is 1. The zero-order chi connectivity index (χ0) is 35.0. The Kier molecular flexibility index (Phi) is 6.96. The van der Waals surface area contributed by atoms with Crippen LogP contribution in [0.15, 0.2) is 127 Å². The minimum Gasteiger partial charge on any atom is -0.396 e. The number of anilines is 5. The first-order chi connectivity index (χ1) is 24.8. The van der Waals surface area contributed by atoms with Gasteiger partial charge >= 0.3 is 0 Å². The number of fused-ring (bicyclic) bond motifs is 1. The highest BCUT2D eigenvalue weighted by atomic mass is 16.3. The quantitative estimate of drug-likeness (QED) is 0.160. The molecule has 0 spiro atoms. The Morgan fingerprint density at radius 3 is 1.82 bits per heavy atom. The second kappa shape index (κ2) is 11.5. The van der Waals surface area contributed by atoms with Gasteiger partial charge in [-0.05, 0) is 77.4 Å². The lowest BCUT2D eigenvalue weighted by Crippen LogP contribution is -2.44. The van der Waals surface area contributed by atoms with Crippen molar-refractivity contribution in [1.82, 2.24) is 0 Å². The molecule has 6 aromatic rings. The van der Waals surface area contributed by atoms with E-state index in [0.29, 0.717) is 34.5 Å². The lowest BCUT2D eigenvalue weighted by molar-refractivity contribution is -0.139. The summed E-state index contributed by atoms with van der Waals surface area (Å²) in [6.07, 6.45) is 3.91. The Hall–Kier alpha value is -6.09. The molecular formula is C43H33N3O5. The summed E-state index contributed by atoms with van der Waals surface area (Å²) in [5.41, 5.74) is 3.99. The van der Waals surface area contributed by atoms with Crippen LogP contribution < -0.4 is 14.7 Å². The molecule has 0 radical (unpaired) electrons. The van der Waals surface area contributed by atoms with Gasteiger partial charge in [0, 0.05) is 40.2 Å². The fourth-order valence-electron chi connectivity index (χ4n) is 8.02. The second-order valence-corrected chi connectivity index (χ2v) is 13.4. The average molecular weight is 672 g/mol. The highest BCUT2D eigenvalue weighted by molar-refractivity contribution is 6.29. The Morgan fingerprint density at radius 2 is 1.24 bits per heavy atom. The molecule has 3 heterocycles. The largest absolute Gasteiger partial charge is 0.396 e. The molecule has 0 fully saturated rings. The smallest absolute Gasteiger partial charge is 0.264 e. The molecule has 0 unspecified atom stereocenters. The SMILES string of the molecule is C[C@H](/C=C/CCO)[C@@]1(O)C(=O)N(Cc2ccc(N3C(=O)c4cccc5cccc3c45)cc2)c2ccc(N3C(=O)c4cccc5cccc3c45)cc21. The van der Waals surface area contributed by atoms with E-state index in [1.807, 2.05) is 103 Å². The first-order valence-corrected chi connectivity index (χ1v) is 17.1. The predicted octanol–water partition coefficient (Wildman–Crippen LogP) is 7.89. The standard InChI is InChI=1S/C43H33N3O5/c1-26(8-2-3-23-47)43(51)34-24-31(46-37-16-7-12-29-10-5-14-33(39(29)37)41(46)49)21-22-35(34)44(42(43)50)25-27-17-19-30(20-18-27)45-36-15-6-11-28-9-4-13-32(38(28)36)40(45)48/h2,4-22,24,26,47,51H,3,23,25H2,1H3/b8-2+/t26-,43+/m1/s1. The van der Waals surface area contributed by atoms with Crippen molar-refractivity contribution < 1.29 is 24.6 Å². The molecule has 9 rings (SSSR count). The molecular weight excluding hydrogens is 638 g/mol. The van der Waals surface area contributed by atoms with Crippen LogP contribution in [0.2, 0.25) is 0 Å². The molecule has 0 aromatic heterocycles. The fourth-order valence-corrected chi connectivity index (χ4v) is 8.02. The van der Waals surface area contributed by atoms with Crippen molar-refractivity contribution in [3.05, 3.63) is 150 Å². The van der Waals surface area contributed by atoms with Gasteiger partial charge in [-0.25, -0.2) is 0 Å². The highest BCUT2D eigenvalue weighted by Crippen LogP contribution is 2.50. The predicted molar refractivity (Wildman–Crippen MR) is 199 cm³/mol. The van der Waals surface area contributed by atoms with E-state index in [1.54, 1.807) is 45.9 Å². The monoisotopic (exact) mass is 671 g/mol. The van der Waals surface area contributed by atoms with E-state index in [-0.39, 0.29) is 25.0 Å². The zero-order valence-electron chi connectivity index (χ0n) is 27.8. The van der Waals surface area contributed by atoms with Gasteiger partial charge in [-0.2, -0.15) is 0 Å². The summed E-state index contributed by atoms with van der Waals surface area (Å²) >= 11 is 0. The van der Waals surface area contributed by atoms with Crippen LogP contribution in [0.4, 0.5) is 28.4 Å². The van der Waals surface area contributed by atoms with E-state index >= 15 is 0 Å². The summed E-state index contributed by atoms with van der Waals surface area (Å²) < 4.78 is 0. The van der Waals surface area contributed by atoms with Crippen molar-refractivity contribution in [3.63, 3.8) is 0 Å². The molecule has 3 aliphatic rings. The summed E-state index contributed by atoms with van der Waals surface area (Å²) in [4.78, 5) is 46.7. The molecule has 2 atom stereocenters. The minimum absolute atomic E-state index is 0.0497. The van der Waals surface area contributed by atoms with E-state index < -0.39 is 17.4 Å². The molecule has 2 N–H and O–H groups in total. The van der Waals surface area contributed by atoms with Crippen LogP contribution in [0, 0.1) is 5.92 Å². The molecule has 51 heavy (non-hydrogen) atoms. The maximum absolute atomic E-state index is 14.4. The number of nitrogens with zero attached hydrogens (tertiary/aromatic N) is 3. The maximum atomic E-state index is 14.4. The van der Waals surface area contributed by atoms with E-state index in [4.69, 9.17) is 0 Å². The number of hydrogen-bond donors (Lipinski definition) is 2. The van der Waals surface area contributed by atoms with Crippen LogP contribution in [0.25, 0.3) is 21.5 Å². The van der Waals surface area contributed by atoms with Gasteiger partial charge in [-0.1, -0.05) is 79.7 Å². The number of carbonyl (C=O) groups excluding carboxylic acids is 3. The Labute approximate surface area is 294 Å². The second-order valence-electron chi connectivity index (χ2n) is 13.4. The summed E-state index contributed by atoms with van der Waals surface area (Å²) in [6, 6.07) is 36.1. The lowest BCUT2D eigenvalue weighted by Gasteiger charge is -2.28. The molecule has 8 heteroatoms. The Balaban J connectivity index is 1.08. The normalized spacial score (nSPS) is 18.3. The van der Waals surface area contributed by atoms with Gasteiger partial charge in [0.2, 0.25) is 0 Å². The average Bonchev–Trinajstić information content (AvgIpc) is 3.69. The van der Waals surface area contributed by atoms with Crippen LogP contribution in [0.3, 0.4) is 0 Å². The van der Waals surface area contributed by atoms with E-state index in [1.165, 1.54) is 0 Å². The maximum Gasteiger partial charge on any atom is 0.264 e. The highest BCUT2D eigenvalue weighted by Gasteiger charge is 2.53. The molecule has 0 saturated heterocycles. The van der Waals surface area contributed by atoms with Crippen LogP contribution in [-0.2, 0) is 16.9 Å². The number of aliphatic hydroxyl groups is 2. The summed E-state index contributed by atoms with van der Waals surface area (Å²) in [6.45, 7) is 1.91. The molecule has 8 nitrogen and oxygen atoms in total. The number of hydrogen-bond acceptors (Lipinski definition) is 5. The molecule has 0 bridgehead atoms. The lowest BCUT2D eigenvalue weighted by atomic mass is 9.82. The van der Waals surface area contributed by atoms with Crippen LogP contribution in [0.5, 0.6) is 0 Å². The van der Waals surface area contributed by atoms with E-state index in [2.05, 4.69) is 0 Å². The van der Waals surface area contributed by atoms with E-state index in [0.717, 1.165) is 44.2 Å². The van der Waals surface area contributed by atoms with Crippen LogP contribution in [-0.4, -0.2) is 34.5 Å². The van der Waals surface area contributed by atoms with Crippen molar-refractivity contribution >= 4 is 67.7 Å². The van der Waals surface area contributed by atoms with Crippen molar-refractivity contribution in [1.29, 1.82) is 0 Å². The number of carbonyl (C=O) groups is 3. The first-order valence-electron chi connectivity index (χ1n) is 17.1. The number of amides is 3. The summed E-state index contributed by atoms with van der Waals surface area (Å²) in [7, 11) is 0. The van der Waals surface area contributed by atoms with Crippen LogP contribution in [0.1, 0.15) is 45.2 Å². The molecule has 3 aliphatic heterocycles. The van der Waals surface area contributed by atoms with Crippen molar-refractivity contribution in [2.24, 2.45) is 5.92 Å². The van der Waals surface area contributed by atoms with Gasteiger partial charge in [0.1, 0.15) is 0 Å². The zero-order valence-corrected chi connectivity index (χ0v) is 27.8. The van der Waals surface area contributed by atoms with Crippen molar-refractivity contribution in [2.75, 3.05) is 21.3 Å². The van der Waals surface area contributed by atoms with E-state index in [9.17, 15) is 24.6 Å². The van der Waals surface area contributed by atoms with Crippen LogP contribution >= 0.6 is 0 Å². The summed E-state index contributed by atoms with van der Waals surface area (Å²) in [5, 5.41) is 25.6. The fraction of sp³-hybridized carbons (Fsp3) is 0.140. The van der Waals surface area contributed by atoms with Gasteiger partial charge in [0.05, 0.1) is 34.7 Å². The van der Waals surface area contributed by atoms with Gasteiger partial charge in [-0.3, -0.25) is 24.2 Å². The van der Waals surface area contributed by atoms with Gasteiger partial charge in [-0.15, -0.1) is 0 Å². The number of benzene rings is 6. The van der Waals surface area contributed by atoms with Gasteiger partial charge in [0.25, 0.3) is 17.7 Å². The first kappa shape index (κ1) is 30.9. The third-order valence-corrected chi connectivity index (χ3v) is 10.5. The molecule has 0 aliphatic carbocycles. The van der Waals surface area contributed by atoms with Crippen molar-refractivity contribution in [3.8, 4) is 0 Å². The Bertz CT molecular complexity index is 2480. The Morgan fingerprint density at radius 1 is 0.686 bits per heavy atom. The van der Waals surface area contributed by atoms with Gasteiger partial charge in [0.15, 0.2) is 5.60 Å². The topological polar surface area (TPSA) is 101 Å². The molecule has 6 aromatic carbocycles. The van der Waals surface area contributed by atoms with Crippen molar-refractivity contribution in [2.45, 2.75) is 25.5 Å². The molecule has 3 amide bonds. The third kappa shape index (κ3) is 4.43. The number of rotatable bonds is 8. The minimum atomic E-state index is -1.93. The summed E-state index contributed by atoms with van der Waals surface area (Å²) in [5.74, 6) is -1.37. The molecule has 0 saturated carbocycles.